The second-order valence-electron chi connectivity index (χ2n) is 7.23. The van der Waals surface area contributed by atoms with E-state index in [9.17, 15) is 18.8 Å². The standard InChI is InChI=1S/C23H20FN5O4/c1-3-33-17(30)12-28-19-18(20(25)31)26-21(16-7-5-4-6-13(16)2)27-22(19)29(23(28)32)15-10-8-14(24)9-11-15/h4-11H,3,12H2,1-2H3,(H2,25,31). The van der Waals surface area contributed by atoms with Crippen LogP contribution in [0, 0.1) is 12.7 Å². The highest BCUT2D eigenvalue weighted by atomic mass is 19.1. The van der Waals surface area contributed by atoms with Gasteiger partial charge in [0.15, 0.2) is 17.2 Å². The number of carbonyl (C=O) groups excluding carboxylic acids is 2. The van der Waals surface area contributed by atoms with Crippen LogP contribution in [0.5, 0.6) is 0 Å². The average molecular weight is 449 g/mol. The maximum Gasteiger partial charge on any atom is 0.335 e. The highest BCUT2D eigenvalue weighted by Gasteiger charge is 2.26. The molecule has 0 aliphatic rings. The maximum absolute atomic E-state index is 13.5. The average Bonchev–Trinajstić information content (AvgIpc) is 3.05. The molecule has 4 rings (SSSR count). The Morgan fingerprint density at radius 1 is 1.09 bits per heavy atom. The van der Waals surface area contributed by atoms with Gasteiger partial charge in [0, 0.05) is 5.56 Å². The third-order valence-corrected chi connectivity index (χ3v) is 5.07. The van der Waals surface area contributed by atoms with Crippen molar-refractivity contribution in [1.82, 2.24) is 19.1 Å². The van der Waals surface area contributed by atoms with Gasteiger partial charge in [-0.05, 0) is 43.7 Å². The van der Waals surface area contributed by atoms with Crippen LogP contribution in [0.4, 0.5) is 4.39 Å². The molecule has 0 atom stereocenters. The lowest BCUT2D eigenvalue weighted by atomic mass is 10.1. The van der Waals surface area contributed by atoms with Crippen LogP contribution in [0.1, 0.15) is 23.0 Å². The van der Waals surface area contributed by atoms with Gasteiger partial charge in [-0.2, -0.15) is 0 Å². The number of rotatable bonds is 6. The largest absolute Gasteiger partial charge is 0.465 e. The first-order chi connectivity index (χ1) is 15.8. The molecule has 0 spiro atoms. The Kier molecular flexibility index (Phi) is 5.74. The molecule has 168 valence electrons. The Bertz CT molecular complexity index is 1440. The molecule has 0 aliphatic carbocycles. The number of benzene rings is 2. The van der Waals surface area contributed by atoms with Crippen molar-refractivity contribution in [2.24, 2.45) is 5.73 Å². The number of amides is 1. The van der Waals surface area contributed by atoms with Gasteiger partial charge in [-0.15, -0.1) is 0 Å². The number of fused-ring (bicyclic) bond motifs is 1. The highest BCUT2D eigenvalue weighted by Crippen LogP contribution is 2.25. The first-order valence-electron chi connectivity index (χ1n) is 10.1. The quantitative estimate of drug-likeness (QED) is 0.451. The van der Waals surface area contributed by atoms with E-state index in [2.05, 4.69) is 9.97 Å². The maximum atomic E-state index is 13.5. The Hall–Kier alpha value is -4.34. The van der Waals surface area contributed by atoms with E-state index in [0.29, 0.717) is 11.3 Å². The number of primary amides is 1. The van der Waals surface area contributed by atoms with Crippen molar-refractivity contribution in [1.29, 1.82) is 0 Å². The molecule has 10 heteroatoms. The summed E-state index contributed by atoms with van der Waals surface area (Å²) in [6.07, 6.45) is 0. The molecule has 0 aliphatic heterocycles. The van der Waals surface area contributed by atoms with Crippen molar-refractivity contribution in [2.75, 3.05) is 6.61 Å². The number of hydrogen-bond donors (Lipinski definition) is 1. The summed E-state index contributed by atoms with van der Waals surface area (Å²) in [6, 6.07) is 12.4. The van der Waals surface area contributed by atoms with Crippen LogP contribution in [0.25, 0.3) is 28.2 Å². The van der Waals surface area contributed by atoms with Crippen LogP contribution in [-0.4, -0.2) is 37.6 Å². The lowest BCUT2D eigenvalue weighted by Gasteiger charge is -2.09. The fourth-order valence-electron chi connectivity index (χ4n) is 3.58. The number of aromatic nitrogens is 4. The fraction of sp³-hybridized carbons (Fsp3) is 0.174. The Labute approximate surface area is 187 Å². The Balaban J connectivity index is 2.10. The second-order valence-corrected chi connectivity index (χ2v) is 7.23. The summed E-state index contributed by atoms with van der Waals surface area (Å²) < 4.78 is 20.7. The van der Waals surface area contributed by atoms with Crippen molar-refractivity contribution < 1.29 is 18.7 Å². The molecule has 0 saturated carbocycles. The van der Waals surface area contributed by atoms with Crippen molar-refractivity contribution in [3.63, 3.8) is 0 Å². The predicted molar refractivity (Wildman–Crippen MR) is 118 cm³/mol. The van der Waals surface area contributed by atoms with Gasteiger partial charge in [0.25, 0.3) is 5.91 Å². The normalized spacial score (nSPS) is 11.0. The zero-order valence-electron chi connectivity index (χ0n) is 17.9. The molecule has 2 N–H and O–H groups in total. The minimum atomic E-state index is -0.897. The fourth-order valence-corrected chi connectivity index (χ4v) is 3.58. The van der Waals surface area contributed by atoms with Gasteiger partial charge in [-0.3, -0.25) is 14.2 Å². The molecular formula is C23H20FN5O4. The molecule has 0 radical (unpaired) electrons. The van der Waals surface area contributed by atoms with Crippen LogP contribution < -0.4 is 11.4 Å². The number of nitrogens with two attached hydrogens (primary N) is 1. The molecule has 4 aromatic rings. The second kappa shape index (κ2) is 8.65. The summed E-state index contributed by atoms with van der Waals surface area (Å²) in [5, 5.41) is 0. The predicted octanol–water partition coefficient (Wildman–Crippen LogP) is 2.36. The molecular weight excluding hydrogens is 429 g/mol. The number of esters is 1. The van der Waals surface area contributed by atoms with Crippen molar-refractivity contribution in [3.05, 3.63) is 76.1 Å². The number of carbonyl (C=O) groups is 2. The van der Waals surface area contributed by atoms with Gasteiger partial charge in [-0.1, -0.05) is 24.3 Å². The molecule has 0 bridgehead atoms. The lowest BCUT2D eigenvalue weighted by molar-refractivity contribution is -0.143. The van der Waals surface area contributed by atoms with Crippen molar-refractivity contribution >= 4 is 23.0 Å². The van der Waals surface area contributed by atoms with E-state index in [1.54, 1.807) is 19.1 Å². The number of imidazole rings is 1. The van der Waals surface area contributed by atoms with Crippen LogP contribution >= 0.6 is 0 Å². The summed E-state index contributed by atoms with van der Waals surface area (Å²) in [5.74, 6) is -1.89. The number of aryl methyl sites for hydroxylation is 1. The number of nitrogens with zero attached hydrogens (tertiary/aromatic N) is 4. The molecule has 0 unspecified atom stereocenters. The van der Waals surface area contributed by atoms with E-state index in [1.165, 1.54) is 28.8 Å². The zero-order valence-corrected chi connectivity index (χ0v) is 17.9. The third kappa shape index (κ3) is 3.98. The Morgan fingerprint density at radius 3 is 2.42 bits per heavy atom. The minimum absolute atomic E-state index is 0.0118. The summed E-state index contributed by atoms with van der Waals surface area (Å²) in [5.41, 5.74) is 6.53. The van der Waals surface area contributed by atoms with E-state index in [0.717, 1.165) is 10.1 Å². The highest BCUT2D eigenvalue weighted by molar-refractivity contribution is 6.02. The first-order valence-corrected chi connectivity index (χ1v) is 10.1. The van der Waals surface area contributed by atoms with Crippen molar-refractivity contribution in [3.8, 4) is 17.1 Å². The van der Waals surface area contributed by atoms with Gasteiger partial charge in [-0.25, -0.2) is 23.7 Å². The molecule has 2 aromatic heterocycles. The molecule has 1 amide bonds. The van der Waals surface area contributed by atoms with Gasteiger partial charge < -0.3 is 10.5 Å². The minimum Gasteiger partial charge on any atom is -0.465 e. The summed E-state index contributed by atoms with van der Waals surface area (Å²) in [7, 11) is 0. The van der Waals surface area contributed by atoms with Crippen LogP contribution in [0.15, 0.2) is 53.3 Å². The molecule has 0 saturated heterocycles. The van der Waals surface area contributed by atoms with E-state index in [4.69, 9.17) is 10.5 Å². The van der Waals surface area contributed by atoms with Gasteiger partial charge in [0.05, 0.1) is 12.3 Å². The first kappa shape index (κ1) is 21.9. The van der Waals surface area contributed by atoms with E-state index in [1.807, 2.05) is 19.1 Å². The SMILES string of the molecule is CCOC(=O)Cn1c(=O)n(-c2ccc(F)cc2)c2nc(-c3ccccc3C)nc(C(N)=O)c21. The Morgan fingerprint density at radius 2 is 1.79 bits per heavy atom. The van der Waals surface area contributed by atoms with Gasteiger partial charge in [0.2, 0.25) is 0 Å². The van der Waals surface area contributed by atoms with Crippen molar-refractivity contribution in [2.45, 2.75) is 20.4 Å². The van der Waals surface area contributed by atoms with E-state index >= 15 is 0 Å². The number of hydrogen-bond acceptors (Lipinski definition) is 6. The van der Waals surface area contributed by atoms with Gasteiger partial charge >= 0.3 is 11.7 Å². The van der Waals surface area contributed by atoms with Crippen LogP contribution in [0.3, 0.4) is 0 Å². The summed E-state index contributed by atoms with van der Waals surface area (Å²) >= 11 is 0. The molecule has 9 nitrogen and oxygen atoms in total. The van der Waals surface area contributed by atoms with E-state index in [-0.39, 0.29) is 29.3 Å². The van der Waals surface area contributed by atoms with Gasteiger partial charge in [0.1, 0.15) is 17.9 Å². The van der Waals surface area contributed by atoms with Crippen LogP contribution in [-0.2, 0) is 16.1 Å². The third-order valence-electron chi connectivity index (χ3n) is 5.07. The molecule has 33 heavy (non-hydrogen) atoms. The zero-order chi connectivity index (χ0) is 23.7. The molecule has 2 aromatic carbocycles. The topological polar surface area (TPSA) is 122 Å². The molecule has 0 fully saturated rings. The number of ether oxygens (including phenoxy) is 1. The summed E-state index contributed by atoms with van der Waals surface area (Å²) in [6.45, 7) is 3.12. The molecule has 2 heterocycles. The number of halogens is 1. The smallest absolute Gasteiger partial charge is 0.335 e. The van der Waals surface area contributed by atoms with Crippen LogP contribution in [0.2, 0.25) is 0 Å². The lowest BCUT2D eigenvalue weighted by Crippen LogP contribution is -2.28. The van der Waals surface area contributed by atoms with E-state index < -0.39 is 29.9 Å². The monoisotopic (exact) mass is 449 g/mol. The summed E-state index contributed by atoms with van der Waals surface area (Å²) in [4.78, 5) is 46.9.